The van der Waals surface area contributed by atoms with Gasteiger partial charge in [0.05, 0.1) is 11.6 Å². The van der Waals surface area contributed by atoms with Crippen molar-refractivity contribution in [2.45, 2.75) is 52.4 Å². The summed E-state index contributed by atoms with van der Waals surface area (Å²) in [5.41, 5.74) is -0.125. The first-order valence-electron chi connectivity index (χ1n) is 9.29. The maximum atomic E-state index is 13.0. The molecule has 2 rings (SSSR count). The van der Waals surface area contributed by atoms with Crippen LogP contribution in [0.3, 0.4) is 0 Å². The maximum absolute atomic E-state index is 13.0. The number of nitrogens with one attached hydrogen (secondary N) is 2. The van der Waals surface area contributed by atoms with E-state index in [0.29, 0.717) is 23.9 Å². The molecule has 0 saturated heterocycles. The molecular weight excluding hydrogens is 496 g/mol. The van der Waals surface area contributed by atoms with Crippen molar-refractivity contribution >= 4 is 29.9 Å². The van der Waals surface area contributed by atoms with Crippen LogP contribution in [-0.2, 0) is 19.8 Å². The summed E-state index contributed by atoms with van der Waals surface area (Å²) in [6.07, 6.45) is -2.39. The van der Waals surface area contributed by atoms with Crippen LogP contribution in [0.15, 0.2) is 29.3 Å². The summed E-state index contributed by atoms with van der Waals surface area (Å²) in [6, 6.07) is 4.97. The number of unbranched alkanes of at least 4 members (excludes halogenated alkanes) is 1. The molecule has 0 aliphatic carbocycles. The zero-order valence-corrected chi connectivity index (χ0v) is 19.4. The van der Waals surface area contributed by atoms with Crippen molar-refractivity contribution in [2.24, 2.45) is 12.0 Å². The molecular formula is C19H28F3IN6. The number of aromatic nitrogens is 3. The van der Waals surface area contributed by atoms with Gasteiger partial charge in [0, 0.05) is 13.6 Å². The monoisotopic (exact) mass is 524 g/mol. The summed E-state index contributed by atoms with van der Waals surface area (Å²) >= 11 is 0. The van der Waals surface area contributed by atoms with Crippen molar-refractivity contribution in [3.8, 4) is 0 Å². The summed E-state index contributed by atoms with van der Waals surface area (Å²) in [4.78, 5) is 4.53. The van der Waals surface area contributed by atoms with Crippen LogP contribution in [0.25, 0.3) is 0 Å². The fourth-order valence-corrected chi connectivity index (χ4v) is 2.55. The molecule has 1 heterocycles. The number of aryl methyl sites for hydroxylation is 1. The molecule has 0 radical (unpaired) electrons. The maximum Gasteiger partial charge on any atom is 0.416 e. The number of nitrogens with zero attached hydrogens (tertiary/aromatic N) is 4. The average molecular weight is 524 g/mol. The largest absolute Gasteiger partial charge is 0.416 e. The first-order valence-corrected chi connectivity index (χ1v) is 9.29. The number of aliphatic imine (C=N–C) groups is 1. The molecule has 0 bridgehead atoms. The second-order valence-electron chi connectivity index (χ2n) is 6.66. The topological polar surface area (TPSA) is 67.1 Å². The van der Waals surface area contributed by atoms with Gasteiger partial charge in [-0.2, -0.15) is 13.2 Å². The zero-order chi connectivity index (χ0) is 20.7. The molecule has 0 aliphatic rings. The molecule has 0 saturated carbocycles. The number of halogens is 4. The van der Waals surface area contributed by atoms with E-state index >= 15 is 0 Å². The lowest BCUT2D eigenvalue weighted by atomic mass is 10.1. The molecule has 2 N–H and O–H groups in total. The summed E-state index contributed by atoms with van der Waals surface area (Å²) in [5.74, 6) is 2.02. The third-order valence-corrected chi connectivity index (χ3v) is 4.45. The van der Waals surface area contributed by atoms with Gasteiger partial charge in [-0.1, -0.05) is 25.5 Å². The minimum atomic E-state index is -4.37. The van der Waals surface area contributed by atoms with Crippen LogP contribution in [0.1, 0.15) is 55.5 Å². The molecule has 0 fully saturated rings. The minimum absolute atomic E-state index is 0. The van der Waals surface area contributed by atoms with Crippen LogP contribution >= 0.6 is 24.0 Å². The smallest absolute Gasteiger partial charge is 0.356 e. The fourth-order valence-electron chi connectivity index (χ4n) is 2.55. The molecule has 1 atom stereocenters. The Morgan fingerprint density at radius 2 is 2.00 bits per heavy atom. The van der Waals surface area contributed by atoms with E-state index in [4.69, 9.17) is 0 Å². The Morgan fingerprint density at radius 3 is 2.59 bits per heavy atom. The van der Waals surface area contributed by atoms with Crippen LogP contribution in [0.4, 0.5) is 13.2 Å². The number of hydrogen-bond acceptors (Lipinski definition) is 3. The molecule has 1 aromatic heterocycles. The van der Waals surface area contributed by atoms with E-state index in [1.54, 1.807) is 13.0 Å². The normalized spacial score (nSPS) is 13.0. The summed E-state index contributed by atoms with van der Waals surface area (Å²) in [6.45, 7) is 6.77. The highest BCUT2D eigenvalue weighted by Gasteiger charge is 2.30. The molecule has 10 heteroatoms. The van der Waals surface area contributed by atoms with E-state index in [-0.39, 0.29) is 30.0 Å². The van der Waals surface area contributed by atoms with E-state index in [1.165, 1.54) is 6.07 Å². The first kappa shape index (κ1) is 25.2. The van der Waals surface area contributed by atoms with E-state index in [0.717, 1.165) is 37.3 Å². The third kappa shape index (κ3) is 7.48. The first-order chi connectivity index (χ1) is 13.2. The van der Waals surface area contributed by atoms with Gasteiger partial charge in [0.15, 0.2) is 11.8 Å². The third-order valence-electron chi connectivity index (χ3n) is 4.45. The van der Waals surface area contributed by atoms with Crippen molar-refractivity contribution in [3.05, 3.63) is 47.0 Å². The van der Waals surface area contributed by atoms with E-state index < -0.39 is 11.7 Å². The van der Waals surface area contributed by atoms with E-state index in [1.807, 2.05) is 18.5 Å². The Bertz CT molecular complexity index is 803. The Morgan fingerprint density at radius 1 is 1.28 bits per heavy atom. The Hall–Kier alpha value is -1.85. The van der Waals surface area contributed by atoms with Gasteiger partial charge >= 0.3 is 6.18 Å². The fraction of sp³-hybridized carbons (Fsp3) is 0.526. The van der Waals surface area contributed by atoms with Crippen LogP contribution < -0.4 is 10.6 Å². The van der Waals surface area contributed by atoms with Crippen LogP contribution in [-0.4, -0.2) is 27.3 Å². The molecule has 2 aromatic rings. The Kier molecular flexibility index (Phi) is 9.87. The van der Waals surface area contributed by atoms with E-state index in [9.17, 15) is 13.2 Å². The van der Waals surface area contributed by atoms with Crippen molar-refractivity contribution < 1.29 is 13.2 Å². The predicted molar refractivity (Wildman–Crippen MR) is 118 cm³/mol. The highest BCUT2D eigenvalue weighted by atomic mass is 127. The highest BCUT2D eigenvalue weighted by Crippen LogP contribution is 2.30. The van der Waals surface area contributed by atoms with Crippen molar-refractivity contribution in [2.75, 3.05) is 6.54 Å². The number of alkyl halides is 3. The van der Waals surface area contributed by atoms with Gasteiger partial charge in [-0.25, -0.2) is 4.99 Å². The van der Waals surface area contributed by atoms with Gasteiger partial charge in [0.1, 0.15) is 12.4 Å². The molecule has 1 aromatic carbocycles. The van der Waals surface area contributed by atoms with Crippen LogP contribution in [0.2, 0.25) is 0 Å². The van der Waals surface area contributed by atoms with Gasteiger partial charge in [0.2, 0.25) is 0 Å². The second-order valence-corrected chi connectivity index (χ2v) is 6.66. The summed E-state index contributed by atoms with van der Waals surface area (Å²) in [5, 5.41) is 14.5. The van der Waals surface area contributed by atoms with Crippen molar-refractivity contribution in [1.82, 2.24) is 25.4 Å². The van der Waals surface area contributed by atoms with Crippen LogP contribution in [0.5, 0.6) is 0 Å². The van der Waals surface area contributed by atoms with Gasteiger partial charge < -0.3 is 15.2 Å². The Balaban J connectivity index is 0.00000420. The lowest BCUT2D eigenvalue weighted by Gasteiger charge is -2.19. The van der Waals surface area contributed by atoms with Gasteiger partial charge in [0.25, 0.3) is 0 Å². The number of benzene rings is 1. The highest BCUT2D eigenvalue weighted by molar-refractivity contribution is 14.0. The second kappa shape index (κ2) is 11.4. The predicted octanol–water partition coefficient (Wildman–Crippen LogP) is 4.36. The van der Waals surface area contributed by atoms with Crippen molar-refractivity contribution in [3.63, 3.8) is 0 Å². The van der Waals surface area contributed by atoms with Gasteiger partial charge in [-0.3, -0.25) is 0 Å². The number of rotatable bonds is 7. The quantitative estimate of drug-likeness (QED) is 0.245. The standard InChI is InChI=1S/C19H27F3N6.HI/c1-5-6-10-23-18(24-12-17-27-26-14(3)28(17)4)25-13(2)15-8-7-9-16(11-15)19(20,21)22;/h7-9,11,13H,5-6,10,12H2,1-4H3,(H2,23,24,25);1H. The summed E-state index contributed by atoms with van der Waals surface area (Å²) in [7, 11) is 1.86. The zero-order valence-electron chi connectivity index (χ0n) is 17.0. The lowest BCUT2D eigenvalue weighted by molar-refractivity contribution is -0.137. The number of guanidine groups is 1. The SMILES string of the molecule is CCCCNC(=NCc1nnc(C)n1C)NC(C)c1cccc(C(F)(F)F)c1.I. The minimum Gasteiger partial charge on any atom is -0.356 e. The molecule has 0 spiro atoms. The molecule has 162 valence electrons. The van der Waals surface area contributed by atoms with Crippen LogP contribution in [0, 0.1) is 6.92 Å². The summed E-state index contributed by atoms with van der Waals surface area (Å²) < 4.78 is 40.8. The number of hydrogen-bond donors (Lipinski definition) is 2. The van der Waals surface area contributed by atoms with Crippen molar-refractivity contribution in [1.29, 1.82) is 0 Å². The average Bonchev–Trinajstić information content (AvgIpc) is 2.97. The van der Waals surface area contributed by atoms with E-state index in [2.05, 4.69) is 32.7 Å². The lowest BCUT2D eigenvalue weighted by Crippen LogP contribution is -2.39. The molecule has 29 heavy (non-hydrogen) atoms. The molecule has 6 nitrogen and oxygen atoms in total. The Labute approximate surface area is 186 Å². The molecule has 0 amide bonds. The molecule has 0 aliphatic heterocycles. The van der Waals surface area contributed by atoms with Gasteiger partial charge in [-0.15, -0.1) is 34.2 Å². The van der Waals surface area contributed by atoms with Gasteiger partial charge in [-0.05, 0) is 38.0 Å². The molecule has 1 unspecified atom stereocenters.